The number of hydrogen-bond donors (Lipinski definition) is 0. The highest BCUT2D eigenvalue weighted by molar-refractivity contribution is 5.88. The molecule has 1 heterocycles. The predicted octanol–water partition coefficient (Wildman–Crippen LogP) is 3.58. The number of halogens is 1. The molecular weight excluding hydrogens is 322 g/mol. The van der Waals surface area contributed by atoms with E-state index in [9.17, 15) is 0 Å². The Kier molecular flexibility index (Phi) is 6.53. The Balaban J connectivity index is 0.00000208. The zero-order chi connectivity index (χ0) is 16.1. The van der Waals surface area contributed by atoms with Crippen LogP contribution in [0, 0.1) is 0 Å². The second-order valence-electron chi connectivity index (χ2n) is 5.81. The lowest BCUT2D eigenvalue weighted by molar-refractivity contribution is 0.254. The molecule has 0 amide bonds. The minimum Gasteiger partial charge on any atom is -0.475 e. The molecule has 0 N–H and O–H groups in total. The summed E-state index contributed by atoms with van der Waals surface area (Å²) in [4.78, 5) is 2.08. The van der Waals surface area contributed by atoms with E-state index < -0.39 is 0 Å². The van der Waals surface area contributed by atoms with Gasteiger partial charge in [-0.3, -0.25) is 0 Å². The van der Waals surface area contributed by atoms with Crippen molar-refractivity contribution in [2.45, 2.75) is 6.42 Å². The Morgan fingerprint density at radius 1 is 0.875 bits per heavy atom. The van der Waals surface area contributed by atoms with Crippen molar-refractivity contribution in [3.63, 3.8) is 0 Å². The van der Waals surface area contributed by atoms with Gasteiger partial charge in [0.1, 0.15) is 6.61 Å². The van der Waals surface area contributed by atoms with E-state index in [4.69, 9.17) is 4.74 Å². The number of aromatic nitrogens is 2. The van der Waals surface area contributed by atoms with Crippen molar-refractivity contribution in [3.05, 3.63) is 65.9 Å². The van der Waals surface area contributed by atoms with Gasteiger partial charge in [0.25, 0.3) is 0 Å². The van der Waals surface area contributed by atoms with Crippen molar-refractivity contribution in [1.29, 1.82) is 0 Å². The van der Waals surface area contributed by atoms with Crippen molar-refractivity contribution in [1.82, 2.24) is 15.1 Å². The monoisotopic (exact) mass is 343 g/mol. The first-order valence-electron chi connectivity index (χ1n) is 7.80. The molecule has 0 saturated heterocycles. The van der Waals surface area contributed by atoms with Gasteiger partial charge in [0, 0.05) is 23.7 Å². The molecule has 0 saturated carbocycles. The van der Waals surface area contributed by atoms with Crippen molar-refractivity contribution in [2.75, 3.05) is 27.2 Å². The maximum absolute atomic E-state index is 5.82. The Morgan fingerprint density at radius 3 is 2.25 bits per heavy atom. The SMILES string of the molecule is CN(C)CCOc1nnc(Cc2ccccc2)c2ccccc12.Cl. The average Bonchev–Trinajstić information content (AvgIpc) is 2.57. The van der Waals surface area contributed by atoms with E-state index in [1.54, 1.807) is 0 Å². The van der Waals surface area contributed by atoms with Crippen LogP contribution in [0.15, 0.2) is 54.6 Å². The maximum atomic E-state index is 5.82. The molecule has 1 aromatic heterocycles. The highest BCUT2D eigenvalue weighted by Gasteiger charge is 2.10. The van der Waals surface area contributed by atoms with Crippen molar-refractivity contribution >= 4 is 23.2 Å². The van der Waals surface area contributed by atoms with Crippen molar-refractivity contribution in [3.8, 4) is 5.88 Å². The Bertz CT molecular complexity index is 778. The highest BCUT2D eigenvalue weighted by atomic mass is 35.5. The predicted molar refractivity (Wildman–Crippen MR) is 100 cm³/mol. The van der Waals surface area contributed by atoms with Crippen LogP contribution in [0.4, 0.5) is 0 Å². The second-order valence-corrected chi connectivity index (χ2v) is 5.81. The summed E-state index contributed by atoms with van der Waals surface area (Å²) in [5, 5.41) is 10.8. The number of benzene rings is 2. The van der Waals surface area contributed by atoms with E-state index in [0.717, 1.165) is 29.4 Å². The summed E-state index contributed by atoms with van der Waals surface area (Å²) in [6, 6.07) is 18.5. The lowest BCUT2D eigenvalue weighted by Crippen LogP contribution is -2.20. The normalized spacial score (nSPS) is 10.6. The van der Waals surface area contributed by atoms with Gasteiger partial charge in [-0.2, -0.15) is 5.10 Å². The van der Waals surface area contributed by atoms with E-state index in [2.05, 4.69) is 33.3 Å². The van der Waals surface area contributed by atoms with Crippen LogP contribution in [0.1, 0.15) is 11.3 Å². The van der Waals surface area contributed by atoms with Gasteiger partial charge in [0.2, 0.25) is 5.88 Å². The van der Waals surface area contributed by atoms with E-state index in [1.165, 1.54) is 5.56 Å². The molecule has 0 aliphatic heterocycles. The number of hydrogen-bond acceptors (Lipinski definition) is 4. The van der Waals surface area contributed by atoms with Crippen LogP contribution in [0.25, 0.3) is 10.8 Å². The third-order valence-corrected chi connectivity index (χ3v) is 3.72. The molecule has 126 valence electrons. The van der Waals surface area contributed by atoms with Crippen molar-refractivity contribution < 1.29 is 4.74 Å². The fourth-order valence-corrected chi connectivity index (χ4v) is 2.49. The topological polar surface area (TPSA) is 38.2 Å². The number of ether oxygens (including phenoxy) is 1. The zero-order valence-corrected chi connectivity index (χ0v) is 14.8. The number of fused-ring (bicyclic) bond motifs is 1. The summed E-state index contributed by atoms with van der Waals surface area (Å²) in [7, 11) is 4.05. The number of rotatable bonds is 6. The molecule has 3 aromatic rings. The molecule has 0 aliphatic carbocycles. The molecule has 4 nitrogen and oxygen atoms in total. The molecule has 5 heteroatoms. The minimum atomic E-state index is 0. The molecule has 24 heavy (non-hydrogen) atoms. The first-order valence-corrected chi connectivity index (χ1v) is 7.80. The van der Waals surface area contributed by atoms with E-state index in [1.807, 2.05) is 50.5 Å². The number of nitrogens with zero attached hydrogens (tertiary/aromatic N) is 3. The summed E-state index contributed by atoms with van der Waals surface area (Å²) in [6.07, 6.45) is 0.770. The van der Waals surface area contributed by atoms with Crippen LogP contribution in [-0.4, -0.2) is 42.3 Å². The molecule has 0 atom stereocenters. The van der Waals surface area contributed by atoms with Gasteiger partial charge in [0.15, 0.2) is 0 Å². The summed E-state index contributed by atoms with van der Waals surface area (Å²) < 4.78 is 5.82. The summed E-state index contributed by atoms with van der Waals surface area (Å²) in [5.41, 5.74) is 2.21. The second kappa shape index (κ2) is 8.62. The standard InChI is InChI=1S/C19H21N3O.ClH/c1-22(2)12-13-23-19-17-11-7-6-10-16(17)18(20-21-19)14-15-8-4-3-5-9-15;/h3-11H,12-14H2,1-2H3;1H. The van der Waals surface area contributed by atoms with Gasteiger partial charge in [0.05, 0.1) is 5.69 Å². The molecule has 0 aliphatic rings. The van der Waals surface area contributed by atoms with Gasteiger partial charge in [-0.25, -0.2) is 0 Å². The average molecular weight is 344 g/mol. The quantitative estimate of drug-likeness (QED) is 0.685. The third kappa shape index (κ3) is 4.43. The van der Waals surface area contributed by atoms with Gasteiger partial charge >= 0.3 is 0 Å². The molecule has 2 aromatic carbocycles. The summed E-state index contributed by atoms with van der Waals surface area (Å²) in [5.74, 6) is 0.610. The van der Waals surface area contributed by atoms with Crippen LogP contribution in [0.3, 0.4) is 0 Å². The molecular formula is C19H22ClN3O. The van der Waals surface area contributed by atoms with Gasteiger partial charge < -0.3 is 9.64 Å². The minimum absolute atomic E-state index is 0. The van der Waals surface area contributed by atoms with Crippen LogP contribution >= 0.6 is 12.4 Å². The largest absolute Gasteiger partial charge is 0.475 e. The van der Waals surface area contributed by atoms with Crippen molar-refractivity contribution in [2.24, 2.45) is 0 Å². The highest BCUT2D eigenvalue weighted by Crippen LogP contribution is 2.25. The molecule has 0 fully saturated rings. The Labute approximate surface area is 148 Å². The third-order valence-electron chi connectivity index (χ3n) is 3.72. The van der Waals surface area contributed by atoms with Crippen LogP contribution < -0.4 is 4.74 Å². The number of likely N-dealkylation sites (N-methyl/N-ethyl adjacent to an activating group) is 1. The Hall–Kier alpha value is -2.17. The first kappa shape index (κ1) is 18.2. The van der Waals surface area contributed by atoms with E-state index >= 15 is 0 Å². The fourth-order valence-electron chi connectivity index (χ4n) is 2.49. The molecule has 0 unspecified atom stereocenters. The summed E-state index contributed by atoms with van der Waals surface area (Å²) in [6.45, 7) is 1.45. The van der Waals surface area contributed by atoms with Crippen LogP contribution in [0.2, 0.25) is 0 Å². The first-order chi connectivity index (χ1) is 11.2. The lowest BCUT2D eigenvalue weighted by Gasteiger charge is -2.12. The van der Waals surface area contributed by atoms with Crippen LogP contribution in [0.5, 0.6) is 5.88 Å². The van der Waals surface area contributed by atoms with Gasteiger partial charge in [-0.1, -0.05) is 48.5 Å². The van der Waals surface area contributed by atoms with Gasteiger partial charge in [-0.15, -0.1) is 17.5 Å². The molecule has 0 spiro atoms. The van der Waals surface area contributed by atoms with E-state index in [-0.39, 0.29) is 12.4 Å². The summed E-state index contributed by atoms with van der Waals surface area (Å²) >= 11 is 0. The Morgan fingerprint density at radius 2 is 1.54 bits per heavy atom. The fraction of sp³-hybridized carbons (Fsp3) is 0.263. The molecule has 3 rings (SSSR count). The van der Waals surface area contributed by atoms with Crippen LogP contribution in [-0.2, 0) is 6.42 Å². The molecule has 0 radical (unpaired) electrons. The van der Waals surface area contributed by atoms with Gasteiger partial charge in [-0.05, 0) is 25.7 Å². The lowest BCUT2D eigenvalue weighted by atomic mass is 10.0. The molecule has 0 bridgehead atoms. The smallest absolute Gasteiger partial charge is 0.241 e. The maximum Gasteiger partial charge on any atom is 0.241 e. The van der Waals surface area contributed by atoms with E-state index in [0.29, 0.717) is 12.5 Å². The zero-order valence-electron chi connectivity index (χ0n) is 14.0.